The van der Waals surface area contributed by atoms with Gasteiger partial charge in [0.15, 0.2) is 0 Å². The molecule has 0 spiro atoms. The lowest BCUT2D eigenvalue weighted by Gasteiger charge is -2.24. The zero-order valence-corrected chi connectivity index (χ0v) is 16.2. The minimum Gasteiger partial charge on any atom is -0.324 e. The summed E-state index contributed by atoms with van der Waals surface area (Å²) in [6.45, 7) is 2.38. The topological polar surface area (TPSA) is 63.1 Å². The number of benzene rings is 2. The van der Waals surface area contributed by atoms with Crippen LogP contribution < -0.4 is 5.32 Å². The van der Waals surface area contributed by atoms with Crippen molar-refractivity contribution in [2.45, 2.75) is 13.0 Å². The van der Waals surface area contributed by atoms with Gasteiger partial charge in [0.1, 0.15) is 12.7 Å². The predicted octanol–water partition coefficient (Wildman–Crippen LogP) is 3.66. The van der Waals surface area contributed by atoms with E-state index in [-0.39, 0.29) is 11.9 Å². The molecule has 1 heterocycles. The van der Waals surface area contributed by atoms with Gasteiger partial charge in [0.2, 0.25) is 5.91 Å². The fraction of sp³-hybridized carbons (Fsp3) is 0.211. The van der Waals surface area contributed by atoms with E-state index in [2.05, 4.69) is 38.3 Å². The first kappa shape index (κ1) is 18.3. The summed E-state index contributed by atoms with van der Waals surface area (Å²) in [5, 5.41) is 7.05. The second-order valence-electron chi connectivity index (χ2n) is 6.05. The van der Waals surface area contributed by atoms with Crippen molar-refractivity contribution < 1.29 is 4.79 Å². The monoisotopic (exact) mass is 413 g/mol. The maximum atomic E-state index is 12.3. The van der Waals surface area contributed by atoms with Crippen LogP contribution in [0.3, 0.4) is 0 Å². The van der Waals surface area contributed by atoms with E-state index >= 15 is 0 Å². The summed E-state index contributed by atoms with van der Waals surface area (Å²) >= 11 is 3.44. The van der Waals surface area contributed by atoms with Crippen LogP contribution in [-0.2, 0) is 4.79 Å². The Morgan fingerprint density at radius 1 is 1.23 bits per heavy atom. The Kier molecular flexibility index (Phi) is 5.80. The van der Waals surface area contributed by atoms with E-state index in [1.165, 1.54) is 6.33 Å². The molecule has 2 aromatic carbocycles. The molecule has 0 saturated carbocycles. The zero-order chi connectivity index (χ0) is 18.5. The van der Waals surface area contributed by atoms with Crippen molar-refractivity contribution in [1.82, 2.24) is 19.7 Å². The average Bonchev–Trinajstić information content (AvgIpc) is 3.18. The summed E-state index contributed by atoms with van der Waals surface area (Å²) in [6.07, 6.45) is 3.17. The van der Waals surface area contributed by atoms with E-state index in [9.17, 15) is 4.79 Å². The van der Waals surface area contributed by atoms with Gasteiger partial charge in [0.25, 0.3) is 0 Å². The molecule has 0 radical (unpaired) electrons. The van der Waals surface area contributed by atoms with Crippen LogP contribution in [0.4, 0.5) is 5.69 Å². The number of hydrogen-bond donors (Lipinski definition) is 1. The highest BCUT2D eigenvalue weighted by molar-refractivity contribution is 9.10. The second kappa shape index (κ2) is 8.25. The van der Waals surface area contributed by atoms with Crippen LogP contribution in [-0.4, -0.2) is 39.2 Å². The number of anilines is 1. The van der Waals surface area contributed by atoms with Crippen LogP contribution in [0.15, 0.2) is 65.7 Å². The number of carbonyl (C=O) groups excluding carboxylic acids is 1. The standard InChI is InChI=1S/C19H20BrN5O/c1-14(15-7-9-16(10-8-15)25-13-21-12-22-25)24(2)11-19(26)23-18-6-4-3-5-17(18)20/h3-10,12-14H,11H2,1-2H3,(H,23,26). The molecule has 0 bridgehead atoms. The first-order chi connectivity index (χ1) is 12.5. The van der Waals surface area contributed by atoms with E-state index in [1.54, 1.807) is 11.0 Å². The molecule has 6 nitrogen and oxygen atoms in total. The molecular formula is C19H20BrN5O. The van der Waals surface area contributed by atoms with Crippen molar-refractivity contribution in [3.63, 3.8) is 0 Å². The Hall–Kier alpha value is -2.51. The number of carbonyl (C=O) groups is 1. The zero-order valence-electron chi connectivity index (χ0n) is 14.6. The van der Waals surface area contributed by atoms with Crippen LogP contribution in [0.5, 0.6) is 0 Å². The van der Waals surface area contributed by atoms with Crippen LogP contribution in [0.1, 0.15) is 18.5 Å². The van der Waals surface area contributed by atoms with E-state index in [1.807, 2.05) is 60.5 Å². The van der Waals surface area contributed by atoms with E-state index < -0.39 is 0 Å². The molecule has 1 unspecified atom stereocenters. The molecule has 134 valence electrons. The minimum atomic E-state index is -0.0505. The maximum absolute atomic E-state index is 12.3. The second-order valence-corrected chi connectivity index (χ2v) is 6.91. The highest BCUT2D eigenvalue weighted by atomic mass is 79.9. The number of likely N-dealkylation sites (N-methyl/N-ethyl adjacent to an activating group) is 1. The van der Waals surface area contributed by atoms with Crippen LogP contribution in [0.25, 0.3) is 5.69 Å². The number of amides is 1. The Morgan fingerprint density at radius 3 is 2.62 bits per heavy atom. The number of nitrogens with zero attached hydrogens (tertiary/aromatic N) is 4. The number of halogens is 1. The van der Waals surface area contributed by atoms with Gasteiger partial charge in [-0.2, -0.15) is 5.10 Å². The lowest BCUT2D eigenvalue weighted by Crippen LogP contribution is -2.32. The SMILES string of the molecule is CC(c1ccc(-n2cncn2)cc1)N(C)CC(=O)Nc1ccccc1Br. The van der Waals surface area contributed by atoms with Crippen molar-refractivity contribution >= 4 is 27.5 Å². The van der Waals surface area contributed by atoms with Gasteiger partial charge in [0.05, 0.1) is 17.9 Å². The predicted molar refractivity (Wildman–Crippen MR) is 105 cm³/mol. The molecule has 3 aromatic rings. The number of rotatable bonds is 6. The van der Waals surface area contributed by atoms with Gasteiger partial charge in [-0.1, -0.05) is 24.3 Å². The quantitative estimate of drug-likeness (QED) is 0.669. The largest absolute Gasteiger partial charge is 0.324 e. The number of aromatic nitrogens is 3. The van der Waals surface area contributed by atoms with Crippen molar-refractivity contribution in [3.8, 4) is 5.69 Å². The Bertz CT molecular complexity index is 864. The summed E-state index contributed by atoms with van der Waals surface area (Å²) in [5.74, 6) is -0.0505. The lowest BCUT2D eigenvalue weighted by molar-refractivity contribution is -0.117. The van der Waals surface area contributed by atoms with Gasteiger partial charge in [-0.25, -0.2) is 9.67 Å². The van der Waals surface area contributed by atoms with Gasteiger partial charge in [-0.3, -0.25) is 9.69 Å². The fourth-order valence-corrected chi connectivity index (χ4v) is 3.00. The molecule has 0 aliphatic carbocycles. The van der Waals surface area contributed by atoms with Crippen molar-refractivity contribution in [2.24, 2.45) is 0 Å². The molecular weight excluding hydrogens is 394 g/mol. The van der Waals surface area contributed by atoms with E-state index in [0.717, 1.165) is 21.4 Å². The first-order valence-corrected chi connectivity index (χ1v) is 9.03. The van der Waals surface area contributed by atoms with Crippen molar-refractivity contribution in [2.75, 3.05) is 18.9 Å². The molecule has 1 amide bonds. The third kappa shape index (κ3) is 4.36. The Balaban J connectivity index is 1.61. The van der Waals surface area contributed by atoms with Gasteiger partial charge >= 0.3 is 0 Å². The molecule has 3 rings (SSSR count). The van der Waals surface area contributed by atoms with Gasteiger partial charge < -0.3 is 5.32 Å². The molecule has 1 N–H and O–H groups in total. The average molecular weight is 414 g/mol. The third-order valence-electron chi connectivity index (χ3n) is 4.26. The highest BCUT2D eigenvalue weighted by Crippen LogP contribution is 2.22. The molecule has 0 fully saturated rings. The Morgan fingerprint density at radius 2 is 1.96 bits per heavy atom. The smallest absolute Gasteiger partial charge is 0.238 e. The molecule has 0 aliphatic heterocycles. The van der Waals surface area contributed by atoms with E-state index in [4.69, 9.17) is 0 Å². The normalized spacial score (nSPS) is 12.2. The molecule has 26 heavy (non-hydrogen) atoms. The van der Waals surface area contributed by atoms with Gasteiger partial charge in [-0.15, -0.1) is 0 Å². The van der Waals surface area contributed by atoms with Crippen LogP contribution >= 0.6 is 15.9 Å². The minimum absolute atomic E-state index is 0.0505. The summed E-state index contributed by atoms with van der Waals surface area (Å²) in [4.78, 5) is 18.3. The number of para-hydroxylation sites is 1. The van der Waals surface area contributed by atoms with Gasteiger partial charge in [0, 0.05) is 10.5 Å². The Labute approximate surface area is 161 Å². The van der Waals surface area contributed by atoms with Gasteiger partial charge in [-0.05, 0) is 59.7 Å². The molecule has 0 aliphatic rings. The molecule has 1 atom stereocenters. The lowest BCUT2D eigenvalue weighted by atomic mass is 10.1. The summed E-state index contributed by atoms with van der Waals surface area (Å²) < 4.78 is 2.58. The fourth-order valence-electron chi connectivity index (χ4n) is 2.62. The summed E-state index contributed by atoms with van der Waals surface area (Å²) in [7, 11) is 1.94. The maximum Gasteiger partial charge on any atom is 0.238 e. The number of hydrogen-bond acceptors (Lipinski definition) is 4. The molecule has 1 aromatic heterocycles. The summed E-state index contributed by atoms with van der Waals surface area (Å²) in [5.41, 5.74) is 2.86. The number of nitrogens with one attached hydrogen (secondary N) is 1. The summed E-state index contributed by atoms with van der Waals surface area (Å²) in [6, 6.07) is 15.8. The first-order valence-electron chi connectivity index (χ1n) is 8.24. The highest BCUT2D eigenvalue weighted by Gasteiger charge is 2.15. The van der Waals surface area contributed by atoms with Crippen LogP contribution in [0.2, 0.25) is 0 Å². The molecule has 7 heteroatoms. The van der Waals surface area contributed by atoms with Crippen molar-refractivity contribution in [3.05, 3.63) is 71.2 Å². The van der Waals surface area contributed by atoms with E-state index in [0.29, 0.717) is 6.54 Å². The molecule has 0 saturated heterocycles. The van der Waals surface area contributed by atoms with Crippen molar-refractivity contribution in [1.29, 1.82) is 0 Å². The van der Waals surface area contributed by atoms with Crippen LogP contribution in [0, 0.1) is 0 Å². The third-order valence-corrected chi connectivity index (χ3v) is 4.95.